The summed E-state index contributed by atoms with van der Waals surface area (Å²) in [4.78, 5) is 6.87. The van der Waals surface area contributed by atoms with E-state index >= 15 is 0 Å². The standard InChI is InChI=1S/C17H20N2/c1-2-7-15(8-3-1)14-19-12-5-4-10-17(19)16-9-6-11-18-13-16/h1-3,6-9,11,13,17H,4-5,10,12,14H2/t17-/m1/s1. The number of piperidine rings is 1. The highest BCUT2D eigenvalue weighted by molar-refractivity contribution is 5.18. The highest BCUT2D eigenvalue weighted by atomic mass is 15.2. The molecule has 1 aromatic carbocycles. The molecule has 1 aromatic heterocycles. The number of hydrogen-bond acceptors (Lipinski definition) is 2. The van der Waals surface area contributed by atoms with Crippen LogP contribution in [0.15, 0.2) is 54.9 Å². The molecule has 2 heterocycles. The molecule has 1 fully saturated rings. The monoisotopic (exact) mass is 252 g/mol. The second-order valence-electron chi connectivity index (χ2n) is 5.25. The van der Waals surface area contributed by atoms with Gasteiger partial charge in [0, 0.05) is 25.0 Å². The Morgan fingerprint density at radius 3 is 2.74 bits per heavy atom. The van der Waals surface area contributed by atoms with E-state index in [1.807, 2.05) is 18.5 Å². The number of benzene rings is 1. The van der Waals surface area contributed by atoms with Gasteiger partial charge < -0.3 is 0 Å². The maximum atomic E-state index is 4.27. The topological polar surface area (TPSA) is 16.1 Å². The van der Waals surface area contributed by atoms with Gasteiger partial charge in [-0.1, -0.05) is 42.8 Å². The molecule has 2 aromatic rings. The Kier molecular flexibility index (Phi) is 3.89. The van der Waals surface area contributed by atoms with Crippen LogP contribution >= 0.6 is 0 Å². The predicted molar refractivity (Wildman–Crippen MR) is 77.7 cm³/mol. The average Bonchev–Trinajstić information content (AvgIpc) is 2.50. The fraction of sp³-hybridized carbons (Fsp3) is 0.353. The van der Waals surface area contributed by atoms with Gasteiger partial charge in [-0.25, -0.2) is 0 Å². The fourth-order valence-electron chi connectivity index (χ4n) is 2.95. The summed E-state index contributed by atoms with van der Waals surface area (Å²) < 4.78 is 0. The normalized spacial score (nSPS) is 20.3. The van der Waals surface area contributed by atoms with E-state index in [0.29, 0.717) is 6.04 Å². The minimum absolute atomic E-state index is 0.530. The fourth-order valence-corrected chi connectivity index (χ4v) is 2.95. The molecule has 0 aliphatic carbocycles. The van der Waals surface area contributed by atoms with E-state index in [1.54, 1.807) is 0 Å². The Morgan fingerprint density at radius 1 is 1.05 bits per heavy atom. The van der Waals surface area contributed by atoms with Crippen LogP contribution in [0, 0.1) is 0 Å². The van der Waals surface area contributed by atoms with Crippen LogP contribution in [-0.2, 0) is 6.54 Å². The molecule has 1 aliphatic rings. The quantitative estimate of drug-likeness (QED) is 0.825. The molecule has 0 N–H and O–H groups in total. The third-order valence-corrected chi connectivity index (χ3v) is 3.91. The maximum Gasteiger partial charge on any atom is 0.0366 e. The van der Waals surface area contributed by atoms with Gasteiger partial charge in [0.2, 0.25) is 0 Å². The highest BCUT2D eigenvalue weighted by Gasteiger charge is 2.23. The van der Waals surface area contributed by atoms with Gasteiger partial charge in [-0.05, 0) is 36.6 Å². The molecule has 0 amide bonds. The number of likely N-dealkylation sites (tertiary alicyclic amines) is 1. The summed E-state index contributed by atoms with van der Waals surface area (Å²) in [6.45, 7) is 2.23. The summed E-state index contributed by atoms with van der Waals surface area (Å²) in [6, 6.07) is 15.5. The van der Waals surface area contributed by atoms with Crippen LogP contribution in [0.3, 0.4) is 0 Å². The van der Waals surface area contributed by atoms with E-state index in [4.69, 9.17) is 0 Å². The summed E-state index contributed by atoms with van der Waals surface area (Å²) in [7, 11) is 0. The van der Waals surface area contributed by atoms with E-state index in [9.17, 15) is 0 Å². The van der Waals surface area contributed by atoms with Gasteiger partial charge in [-0.15, -0.1) is 0 Å². The summed E-state index contributed by atoms with van der Waals surface area (Å²) in [6.07, 6.45) is 7.76. The van der Waals surface area contributed by atoms with Crippen molar-refractivity contribution in [3.05, 3.63) is 66.0 Å². The Hall–Kier alpha value is -1.67. The zero-order valence-corrected chi connectivity index (χ0v) is 11.2. The van der Waals surface area contributed by atoms with Crippen molar-refractivity contribution in [1.82, 2.24) is 9.88 Å². The van der Waals surface area contributed by atoms with E-state index < -0.39 is 0 Å². The van der Waals surface area contributed by atoms with Crippen LogP contribution in [-0.4, -0.2) is 16.4 Å². The summed E-state index contributed by atoms with van der Waals surface area (Å²) in [5.74, 6) is 0. The van der Waals surface area contributed by atoms with Gasteiger partial charge in [-0.2, -0.15) is 0 Å². The largest absolute Gasteiger partial charge is 0.292 e. The van der Waals surface area contributed by atoms with E-state index in [1.165, 1.54) is 36.9 Å². The lowest BCUT2D eigenvalue weighted by atomic mass is 9.96. The van der Waals surface area contributed by atoms with Gasteiger partial charge in [0.05, 0.1) is 0 Å². The van der Waals surface area contributed by atoms with Crippen LogP contribution in [0.2, 0.25) is 0 Å². The van der Waals surface area contributed by atoms with Crippen molar-refractivity contribution < 1.29 is 0 Å². The van der Waals surface area contributed by atoms with Crippen LogP contribution in [0.4, 0.5) is 0 Å². The molecule has 19 heavy (non-hydrogen) atoms. The van der Waals surface area contributed by atoms with Gasteiger partial charge >= 0.3 is 0 Å². The number of aromatic nitrogens is 1. The van der Waals surface area contributed by atoms with Gasteiger partial charge in [0.1, 0.15) is 0 Å². The molecule has 1 atom stereocenters. The van der Waals surface area contributed by atoms with E-state index in [2.05, 4.69) is 46.3 Å². The first-order valence-corrected chi connectivity index (χ1v) is 7.11. The Balaban J connectivity index is 1.78. The Morgan fingerprint density at radius 2 is 1.95 bits per heavy atom. The SMILES string of the molecule is c1ccc(CN2CCCC[C@@H]2c2cccnc2)cc1. The van der Waals surface area contributed by atoms with Crippen LogP contribution in [0.1, 0.15) is 36.4 Å². The molecule has 0 saturated carbocycles. The van der Waals surface area contributed by atoms with Gasteiger partial charge in [0.25, 0.3) is 0 Å². The summed E-state index contributed by atoms with van der Waals surface area (Å²) in [5.41, 5.74) is 2.76. The molecule has 0 unspecified atom stereocenters. The van der Waals surface area contributed by atoms with Crippen molar-refractivity contribution in [2.24, 2.45) is 0 Å². The van der Waals surface area contributed by atoms with Crippen molar-refractivity contribution >= 4 is 0 Å². The summed E-state index contributed by atoms with van der Waals surface area (Å²) >= 11 is 0. The number of hydrogen-bond donors (Lipinski definition) is 0. The number of rotatable bonds is 3. The second-order valence-corrected chi connectivity index (χ2v) is 5.25. The zero-order valence-electron chi connectivity index (χ0n) is 11.2. The number of pyridine rings is 1. The maximum absolute atomic E-state index is 4.27. The third-order valence-electron chi connectivity index (χ3n) is 3.91. The van der Waals surface area contributed by atoms with Crippen LogP contribution < -0.4 is 0 Å². The van der Waals surface area contributed by atoms with Crippen molar-refractivity contribution in [1.29, 1.82) is 0 Å². The lowest BCUT2D eigenvalue weighted by Crippen LogP contribution is -2.32. The van der Waals surface area contributed by atoms with Crippen LogP contribution in [0.25, 0.3) is 0 Å². The number of nitrogens with zero attached hydrogens (tertiary/aromatic N) is 2. The van der Waals surface area contributed by atoms with Crippen molar-refractivity contribution in [3.8, 4) is 0 Å². The minimum Gasteiger partial charge on any atom is -0.292 e. The Bertz CT molecular complexity index is 495. The molecule has 1 aliphatic heterocycles. The molecule has 0 bridgehead atoms. The van der Waals surface area contributed by atoms with E-state index in [0.717, 1.165) is 6.54 Å². The van der Waals surface area contributed by atoms with Crippen molar-refractivity contribution in [2.75, 3.05) is 6.54 Å². The highest BCUT2D eigenvalue weighted by Crippen LogP contribution is 2.31. The molecule has 0 radical (unpaired) electrons. The third kappa shape index (κ3) is 3.02. The van der Waals surface area contributed by atoms with Crippen LogP contribution in [0.5, 0.6) is 0 Å². The molecular weight excluding hydrogens is 232 g/mol. The molecule has 0 spiro atoms. The first kappa shape index (κ1) is 12.4. The molecule has 98 valence electrons. The lowest BCUT2D eigenvalue weighted by Gasteiger charge is -2.36. The average molecular weight is 252 g/mol. The van der Waals surface area contributed by atoms with E-state index in [-0.39, 0.29) is 0 Å². The van der Waals surface area contributed by atoms with Crippen molar-refractivity contribution in [2.45, 2.75) is 31.8 Å². The second kappa shape index (κ2) is 5.98. The first-order chi connectivity index (χ1) is 9.43. The van der Waals surface area contributed by atoms with Crippen molar-refractivity contribution in [3.63, 3.8) is 0 Å². The summed E-state index contributed by atoms with van der Waals surface area (Å²) in [5, 5.41) is 0. The Labute approximate surface area is 115 Å². The van der Waals surface area contributed by atoms with Gasteiger partial charge in [-0.3, -0.25) is 9.88 Å². The lowest BCUT2D eigenvalue weighted by molar-refractivity contribution is 0.140. The molecular formula is C17H20N2. The molecule has 2 nitrogen and oxygen atoms in total. The minimum atomic E-state index is 0.530. The zero-order chi connectivity index (χ0) is 12.9. The molecule has 3 rings (SSSR count). The predicted octanol–water partition coefficient (Wildman–Crippen LogP) is 3.81. The smallest absolute Gasteiger partial charge is 0.0366 e. The first-order valence-electron chi connectivity index (χ1n) is 7.11. The molecule has 1 saturated heterocycles. The van der Waals surface area contributed by atoms with Gasteiger partial charge in [0.15, 0.2) is 0 Å². The molecule has 2 heteroatoms.